The van der Waals surface area contributed by atoms with E-state index in [2.05, 4.69) is 37.3 Å². The third-order valence-electron chi connectivity index (χ3n) is 4.50. The molecule has 0 aliphatic rings. The van der Waals surface area contributed by atoms with Gasteiger partial charge < -0.3 is 9.47 Å². The highest BCUT2D eigenvalue weighted by atomic mass is 32.2. The summed E-state index contributed by atoms with van der Waals surface area (Å²) in [7, 11) is 0. The van der Waals surface area contributed by atoms with Crippen molar-refractivity contribution < 1.29 is 9.47 Å². The van der Waals surface area contributed by atoms with Crippen molar-refractivity contribution in [1.29, 1.82) is 0 Å². The summed E-state index contributed by atoms with van der Waals surface area (Å²) in [6.45, 7) is 5.45. The molecule has 0 fully saturated rings. The van der Waals surface area contributed by atoms with E-state index in [-0.39, 0.29) is 0 Å². The molecule has 0 unspecified atom stereocenters. The average Bonchev–Trinajstić information content (AvgIpc) is 2.68. The van der Waals surface area contributed by atoms with Gasteiger partial charge in [-0.3, -0.25) is 0 Å². The molecule has 0 aliphatic carbocycles. The van der Waals surface area contributed by atoms with Crippen molar-refractivity contribution in [2.45, 2.75) is 76.9 Å². The van der Waals surface area contributed by atoms with Crippen LogP contribution in [0.15, 0.2) is 30.3 Å². The molecule has 0 heterocycles. The third-order valence-corrected chi connectivity index (χ3v) is 5.49. The molecule has 2 nitrogen and oxygen atoms in total. The molecule has 1 aromatic carbocycles. The van der Waals surface area contributed by atoms with E-state index >= 15 is 0 Å². The van der Waals surface area contributed by atoms with Crippen LogP contribution in [0.4, 0.5) is 0 Å². The summed E-state index contributed by atoms with van der Waals surface area (Å²) < 4.78 is 11.3. The first-order valence-corrected chi connectivity index (χ1v) is 11.9. The summed E-state index contributed by atoms with van der Waals surface area (Å²) >= 11 is 1.93. The Labute approximate surface area is 166 Å². The lowest BCUT2D eigenvalue weighted by Gasteiger charge is -2.06. The zero-order valence-corrected chi connectivity index (χ0v) is 17.7. The van der Waals surface area contributed by atoms with Crippen molar-refractivity contribution in [3.05, 3.63) is 35.9 Å². The van der Waals surface area contributed by atoms with E-state index in [0.717, 1.165) is 37.9 Å². The highest BCUT2D eigenvalue weighted by Gasteiger charge is 1.95. The number of benzene rings is 1. The van der Waals surface area contributed by atoms with Crippen LogP contribution in [0.5, 0.6) is 0 Å². The van der Waals surface area contributed by atoms with Crippen LogP contribution in [0.2, 0.25) is 0 Å². The number of ether oxygens (including phenoxy) is 2. The first kappa shape index (κ1) is 23.5. The predicted molar refractivity (Wildman–Crippen MR) is 116 cm³/mol. The van der Waals surface area contributed by atoms with Crippen LogP contribution in [0.3, 0.4) is 0 Å². The fraction of sp³-hybridized carbons (Fsp3) is 0.739. The predicted octanol–water partition coefficient (Wildman–Crippen LogP) is 6.87. The minimum absolute atomic E-state index is 0.726. The topological polar surface area (TPSA) is 18.5 Å². The van der Waals surface area contributed by atoms with Gasteiger partial charge in [0.1, 0.15) is 0 Å². The van der Waals surface area contributed by atoms with Crippen molar-refractivity contribution in [3.8, 4) is 0 Å². The fourth-order valence-electron chi connectivity index (χ4n) is 2.90. The van der Waals surface area contributed by atoms with E-state index in [4.69, 9.17) is 9.47 Å². The minimum atomic E-state index is 0.726. The number of rotatable bonds is 19. The maximum absolute atomic E-state index is 5.65. The summed E-state index contributed by atoms with van der Waals surface area (Å²) in [4.78, 5) is 0. The highest BCUT2D eigenvalue weighted by Crippen LogP contribution is 2.11. The first-order valence-electron chi connectivity index (χ1n) is 10.7. The molecule has 0 saturated carbocycles. The van der Waals surface area contributed by atoms with Crippen molar-refractivity contribution in [1.82, 2.24) is 0 Å². The van der Waals surface area contributed by atoms with Crippen molar-refractivity contribution in [3.63, 3.8) is 0 Å². The lowest BCUT2D eigenvalue weighted by atomic mass is 10.1. The third kappa shape index (κ3) is 15.7. The number of hydrogen-bond donors (Lipinski definition) is 0. The molecular formula is C23H40O2S. The monoisotopic (exact) mass is 380 g/mol. The Morgan fingerprint density at radius 2 is 1.23 bits per heavy atom. The zero-order chi connectivity index (χ0) is 18.5. The zero-order valence-electron chi connectivity index (χ0n) is 16.9. The molecule has 0 N–H and O–H groups in total. The average molecular weight is 381 g/mol. The van der Waals surface area contributed by atoms with Gasteiger partial charge in [0.15, 0.2) is 0 Å². The molecule has 3 heteroatoms. The van der Waals surface area contributed by atoms with E-state index in [1.165, 1.54) is 69.8 Å². The Balaban J connectivity index is 1.68. The summed E-state index contributed by atoms with van der Waals surface area (Å²) in [6.07, 6.45) is 13.7. The molecule has 0 bridgehead atoms. The molecule has 0 radical (unpaired) electrons. The van der Waals surface area contributed by atoms with Gasteiger partial charge in [-0.25, -0.2) is 0 Å². The first-order chi connectivity index (χ1) is 12.9. The lowest BCUT2D eigenvalue weighted by Crippen LogP contribution is -2.07. The van der Waals surface area contributed by atoms with Gasteiger partial charge in [-0.15, -0.1) is 0 Å². The Morgan fingerprint density at radius 1 is 0.654 bits per heavy atom. The number of thioether (sulfide) groups is 1. The van der Waals surface area contributed by atoms with Gasteiger partial charge in [-0.05, 0) is 12.0 Å². The standard InChI is InChI=1S/C23H40O2S/c1-2-3-4-5-6-7-8-9-10-14-17-24-18-19-25-20-21-26-22-23-15-12-11-13-16-23/h11-13,15-16H,2-10,14,17-22H2,1H3. The highest BCUT2D eigenvalue weighted by molar-refractivity contribution is 7.98. The van der Waals surface area contributed by atoms with E-state index in [1.807, 2.05) is 11.8 Å². The van der Waals surface area contributed by atoms with Gasteiger partial charge >= 0.3 is 0 Å². The molecule has 150 valence electrons. The van der Waals surface area contributed by atoms with Crippen LogP contribution in [0.1, 0.15) is 76.7 Å². The van der Waals surface area contributed by atoms with Crippen molar-refractivity contribution in [2.24, 2.45) is 0 Å². The van der Waals surface area contributed by atoms with E-state index in [9.17, 15) is 0 Å². The van der Waals surface area contributed by atoms with Crippen molar-refractivity contribution in [2.75, 3.05) is 32.2 Å². The smallest absolute Gasteiger partial charge is 0.0700 e. The molecule has 0 spiro atoms. The minimum Gasteiger partial charge on any atom is -0.379 e. The Kier molecular flexibility index (Phi) is 17.4. The molecule has 0 amide bonds. The number of unbranched alkanes of at least 4 members (excludes halogenated alkanes) is 9. The van der Waals surface area contributed by atoms with E-state index in [0.29, 0.717) is 0 Å². The van der Waals surface area contributed by atoms with Gasteiger partial charge in [0, 0.05) is 18.1 Å². The summed E-state index contributed by atoms with van der Waals surface area (Å²) in [5.41, 5.74) is 1.39. The molecular weight excluding hydrogens is 340 g/mol. The second kappa shape index (κ2) is 19.3. The second-order valence-electron chi connectivity index (χ2n) is 6.94. The molecule has 1 rings (SSSR count). The van der Waals surface area contributed by atoms with Crippen LogP contribution in [0.25, 0.3) is 0 Å². The summed E-state index contributed by atoms with van der Waals surface area (Å²) in [5, 5.41) is 0. The largest absolute Gasteiger partial charge is 0.379 e. The molecule has 1 aromatic rings. The second-order valence-corrected chi connectivity index (χ2v) is 8.05. The number of hydrogen-bond acceptors (Lipinski definition) is 3. The molecule has 0 aliphatic heterocycles. The van der Waals surface area contributed by atoms with Crippen molar-refractivity contribution >= 4 is 11.8 Å². The molecule has 0 saturated heterocycles. The normalized spacial score (nSPS) is 11.1. The quantitative estimate of drug-likeness (QED) is 0.244. The maximum atomic E-state index is 5.65. The Bertz CT molecular complexity index is 383. The van der Waals surface area contributed by atoms with Crippen LogP contribution >= 0.6 is 11.8 Å². The summed E-state index contributed by atoms with van der Waals surface area (Å²) in [6, 6.07) is 10.6. The van der Waals surface area contributed by atoms with Gasteiger partial charge in [0.25, 0.3) is 0 Å². The Morgan fingerprint density at radius 3 is 1.88 bits per heavy atom. The Hall–Kier alpha value is -0.510. The van der Waals surface area contributed by atoms with Gasteiger partial charge in [-0.1, -0.05) is 95.0 Å². The van der Waals surface area contributed by atoms with Crippen LogP contribution in [0, 0.1) is 0 Å². The molecule has 26 heavy (non-hydrogen) atoms. The van der Waals surface area contributed by atoms with E-state index < -0.39 is 0 Å². The van der Waals surface area contributed by atoms with E-state index in [1.54, 1.807) is 0 Å². The summed E-state index contributed by atoms with van der Waals surface area (Å²) in [5.74, 6) is 2.12. The van der Waals surface area contributed by atoms with Crippen LogP contribution in [-0.2, 0) is 15.2 Å². The van der Waals surface area contributed by atoms with Crippen LogP contribution in [-0.4, -0.2) is 32.2 Å². The van der Waals surface area contributed by atoms with Crippen LogP contribution < -0.4 is 0 Å². The molecule has 0 aromatic heterocycles. The van der Waals surface area contributed by atoms with Gasteiger partial charge in [0.2, 0.25) is 0 Å². The van der Waals surface area contributed by atoms with Gasteiger partial charge in [0.05, 0.1) is 19.8 Å². The van der Waals surface area contributed by atoms with Gasteiger partial charge in [-0.2, -0.15) is 11.8 Å². The lowest BCUT2D eigenvalue weighted by molar-refractivity contribution is 0.0522. The maximum Gasteiger partial charge on any atom is 0.0700 e. The SMILES string of the molecule is CCCCCCCCCCCCOCCOCCSCc1ccccc1. The fourth-order valence-corrected chi connectivity index (χ4v) is 3.70. The molecule has 0 atom stereocenters.